The van der Waals surface area contributed by atoms with Gasteiger partial charge in [0.25, 0.3) is 5.91 Å². The normalized spacial score (nSPS) is 14.8. The van der Waals surface area contributed by atoms with Gasteiger partial charge in [-0.05, 0) is 61.8 Å². The van der Waals surface area contributed by atoms with E-state index in [-0.39, 0.29) is 5.91 Å². The first-order valence-corrected chi connectivity index (χ1v) is 9.27. The van der Waals surface area contributed by atoms with Crippen LogP contribution in [0.3, 0.4) is 0 Å². The number of hydrogen-bond donors (Lipinski definition) is 1. The lowest BCUT2D eigenvalue weighted by atomic mass is 10.1. The van der Waals surface area contributed by atoms with Gasteiger partial charge in [0, 0.05) is 23.4 Å². The van der Waals surface area contributed by atoms with Crippen molar-refractivity contribution in [2.45, 2.75) is 25.8 Å². The molecule has 1 aliphatic rings. The van der Waals surface area contributed by atoms with Crippen LogP contribution in [0.25, 0.3) is 11.5 Å². The highest BCUT2D eigenvalue weighted by Gasteiger charge is 2.12. The highest BCUT2D eigenvalue weighted by molar-refractivity contribution is 6.04. The number of nitrogens with zero attached hydrogens (tertiary/aromatic N) is 3. The molecule has 1 aromatic heterocycles. The van der Waals surface area contributed by atoms with Crippen LogP contribution in [0.15, 0.2) is 59.3 Å². The van der Waals surface area contributed by atoms with E-state index in [1.807, 2.05) is 48.5 Å². The molecular formula is C21H22N4O2. The minimum absolute atomic E-state index is 0.137. The molecule has 1 aliphatic heterocycles. The van der Waals surface area contributed by atoms with Crippen molar-refractivity contribution >= 4 is 11.6 Å². The summed E-state index contributed by atoms with van der Waals surface area (Å²) in [5, 5.41) is 10.5. The van der Waals surface area contributed by atoms with Gasteiger partial charge in [0.15, 0.2) is 0 Å². The Hall–Kier alpha value is -2.99. The second-order valence-electron chi connectivity index (χ2n) is 6.81. The Morgan fingerprint density at radius 2 is 1.89 bits per heavy atom. The van der Waals surface area contributed by atoms with E-state index in [9.17, 15) is 4.79 Å². The number of piperidine rings is 1. The molecule has 3 aromatic rings. The molecule has 1 saturated heterocycles. The Labute approximate surface area is 158 Å². The van der Waals surface area contributed by atoms with E-state index < -0.39 is 0 Å². The molecule has 0 spiro atoms. The van der Waals surface area contributed by atoms with Crippen molar-refractivity contribution in [3.05, 3.63) is 66.1 Å². The molecule has 0 bridgehead atoms. The fourth-order valence-corrected chi connectivity index (χ4v) is 3.37. The molecule has 0 saturated carbocycles. The number of hydrogen-bond acceptors (Lipinski definition) is 5. The molecule has 0 aliphatic carbocycles. The molecule has 6 nitrogen and oxygen atoms in total. The van der Waals surface area contributed by atoms with E-state index in [0.29, 0.717) is 17.1 Å². The number of amides is 1. The molecule has 4 rings (SSSR count). The first-order chi connectivity index (χ1) is 13.3. The minimum Gasteiger partial charge on any atom is -0.423 e. The summed E-state index contributed by atoms with van der Waals surface area (Å²) < 4.78 is 5.20. The molecule has 6 heteroatoms. The summed E-state index contributed by atoms with van der Waals surface area (Å²) in [7, 11) is 0. The van der Waals surface area contributed by atoms with Crippen molar-refractivity contribution in [2.24, 2.45) is 0 Å². The smallest absolute Gasteiger partial charge is 0.255 e. The Morgan fingerprint density at radius 1 is 1.07 bits per heavy atom. The van der Waals surface area contributed by atoms with E-state index in [2.05, 4.69) is 20.4 Å². The molecule has 1 fully saturated rings. The molecule has 1 N–H and O–H groups in total. The molecule has 0 unspecified atom stereocenters. The van der Waals surface area contributed by atoms with Crippen LogP contribution in [0, 0.1) is 0 Å². The van der Waals surface area contributed by atoms with Crippen LogP contribution in [-0.2, 0) is 6.54 Å². The SMILES string of the molecule is O=C(Nc1cccc(-c2nnco2)c1)c1ccc(CN2CCCCC2)cc1. The number of carbonyl (C=O) groups is 1. The molecule has 1 amide bonds. The number of nitrogens with one attached hydrogen (secondary N) is 1. The summed E-state index contributed by atoms with van der Waals surface area (Å²) in [5.74, 6) is 0.287. The predicted molar refractivity (Wildman–Crippen MR) is 103 cm³/mol. The predicted octanol–water partition coefficient (Wildman–Crippen LogP) is 3.97. The largest absolute Gasteiger partial charge is 0.423 e. The number of rotatable bonds is 5. The van der Waals surface area contributed by atoms with Crippen LogP contribution in [-0.4, -0.2) is 34.1 Å². The molecule has 138 valence electrons. The van der Waals surface area contributed by atoms with Gasteiger partial charge in [0.2, 0.25) is 12.3 Å². The fourth-order valence-electron chi connectivity index (χ4n) is 3.37. The van der Waals surface area contributed by atoms with E-state index in [1.165, 1.54) is 44.3 Å². The highest BCUT2D eigenvalue weighted by atomic mass is 16.4. The fraction of sp³-hybridized carbons (Fsp3) is 0.286. The van der Waals surface area contributed by atoms with Gasteiger partial charge in [0.05, 0.1) is 0 Å². The van der Waals surface area contributed by atoms with Crippen LogP contribution in [0.5, 0.6) is 0 Å². The van der Waals surface area contributed by atoms with E-state index in [4.69, 9.17) is 4.42 Å². The average Bonchev–Trinajstić information content (AvgIpc) is 3.24. The van der Waals surface area contributed by atoms with Crippen LogP contribution < -0.4 is 5.32 Å². The van der Waals surface area contributed by atoms with Gasteiger partial charge in [-0.1, -0.05) is 24.6 Å². The maximum absolute atomic E-state index is 12.5. The number of benzene rings is 2. The number of anilines is 1. The topological polar surface area (TPSA) is 71.3 Å². The van der Waals surface area contributed by atoms with E-state index in [1.54, 1.807) is 0 Å². The lowest BCUT2D eigenvalue weighted by Gasteiger charge is -2.26. The summed E-state index contributed by atoms with van der Waals surface area (Å²) in [4.78, 5) is 15.0. The van der Waals surface area contributed by atoms with Crippen molar-refractivity contribution in [3.63, 3.8) is 0 Å². The highest BCUT2D eigenvalue weighted by Crippen LogP contribution is 2.21. The lowest BCUT2D eigenvalue weighted by molar-refractivity contribution is 0.102. The quantitative estimate of drug-likeness (QED) is 0.743. The second-order valence-corrected chi connectivity index (χ2v) is 6.81. The zero-order valence-corrected chi connectivity index (χ0v) is 15.1. The van der Waals surface area contributed by atoms with E-state index in [0.717, 1.165) is 12.1 Å². The van der Waals surface area contributed by atoms with Crippen LogP contribution in [0.1, 0.15) is 35.2 Å². The third-order valence-corrected chi connectivity index (χ3v) is 4.80. The minimum atomic E-state index is -0.137. The van der Waals surface area contributed by atoms with Gasteiger partial charge in [-0.2, -0.15) is 0 Å². The van der Waals surface area contributed by atoms with Crippen LogP contribution >= 0.6 is 0 Å². The Morgan fingerprint density at radius 3 is 2.63 bits per heavy atom. The van der Waals surface area contributed by atoms with Gasteiger partial charge in [0.1, 0.15) is 0 Å². The van der Waals surface area contributed by atoms with Crippen molar-refractivity contribution < 1.29 is 9.21 Å². The molecule has 0 radical (unpaired) electrons. The maximum atomic E-state index is 12.5. The maximum Gasteiger partial charge on any atom is 0.255 e. The first-order valence-electron chi connectivity index (χ1n) is 9.27. The monoisotopic (exact) mass is 362 g/mol. The molecular weight excluding hydrogens is 340 g/mol. The standard InChI is InChI=1S/C21H22N4O2/c26-20(23-19-6-4-5-18(13-19)21-24-22-15-27-21)17-9-7-16(8-10-17)14-25-11-2-1-3-12-25/h4-10,13,15H,1-3,11-12,14H2,(H,23,26). The average molecular weight is 362 g/mol. The van der Waals surface area contributed by atoms with Gasteiger partial charge < -0.3 is 9.73 Å². The number of carbonyl (C=O) groups excluding carboxylic acids is 1. The molecule has 27 heavy (non-hydrogen) atoms. The van der Waals surface area contributed by atoms with Gasteiger partial charge in [-0.3, -0.25) is 9.69 Å². The molecule has 2 aromatic carbocycles. The van der Waals surface area contributed by atoms with E-state index >= 15 is 0 Å². The van der Waals surface area contributed by atoms with Crippen molar-refractivity contribution in [1.82, 2.24) is 15.1 Å². The van der Waals surface area contributed by atoms with Crippen molar-refractivity contribution in [1.29, 1.82) is 0 Å². The summed E-state index contributed by atoms with van der Waals surface area (Å²) in [6, 6.07) is 15.2. The summed E-state index contributed by atoms with van der Waals surface area (Å²) in [6.45, 7) is 3.28. The van der Waals surface area contributed by atoms with Gasteiger partial charge in [-0.15, -0.1) is 10.2 Å². The third-order valence-electron chi connectivity index (χ3n) is 4.80. The Bertz CT molecular complexity index is 885. The second kappa shape index (κ2) is 8.14. The summed E-state index contributed by atoms with van der Waals surface area (Å²) in [6.07, 6.45) is 5.18. The summed E-state index contributed by atoms with van der Waals surface area (Å²) in [5.41, 5.74) is 3.34. The van der Waals surface area contributed by atoms with Crippen LogP contribution in [0.2, 0.25) is 0 Å². The zero-order chi connectivity index (χ0) is 18.5. The first kappa shape index (κ1) is 17.4. The van der Waals surface area contributed by atoms with Crippen molar-refractivity contribution in [3.8, 4) is 11.5 Å². The Balaban J connectivity index is 1.40. The third kappa shape index (κ3) is 4.41. The van der Waals surface area contributed by atoms with Crippen LogP contribution in [0.4, 0.5) is 5.69 Å². The zero-order valence-electron chi connectivity index (χ0n) is 15.1. The number of likely N-dealkylation sites (tertiary alicyclic amines) is 1. The lowest BCUT2D eigenvalue weighted by Crippen LogP contribution is -2.29. The van der Waals surface area contributed by atoms with Gasteiger partial charge >= 0.3 is 0 Å². The van der Waals surface area contributed by atoms with Crippen molar-refractivity contribution in [2.75, 3.05) is 18.4 Å². The molecule has 0 atom stereocenters. The number of aromatic nitrogens is 2. The van der Waals surface area contributed by atoms with Gasteiger partial charge in [-0.25, -0.2) is 0 Å². The summed E-state index contributed by atoms with van der Waals surface area (Å²) >= 11 is 0. The molecule has 2 heterocycles. The Kier molecular flexibility index (Phi) is 5.25.